The van der Waals surface area contributed by atoms with Gasteiger partial charge in [-0.3, -0.25) is 0 Å². The summed E-state index contributed by atoms with van der Waals surface area (Å²) >= 11 is -0.988. The van der Waals surface area contributed by atoms with Gasteiger partial charge < -0.3 is 0 Å². The molecule has 0 fully saturated rings. The number of rotatable bonds is 4. The van der Waals surface area contributed by atoms with Crippen molar-refractivity contribution in [1.82, 2.24) is 0 Å². The van der Waals surface area contributed by atoms with E-state index in [9.17, 15) is 0 Å². The number of benzene rings is 2. The molecule has 0 saturated carbocycles. The zero-order valence-corrected chi connectivity index (χ0v) is 14.9. The first-order chi connectivity index (χ1) is 10.3. The summed E-state index contributed by atoms with van der Waals surface area (Å²) in [5.41, 5.74) is 0. The fourth-order valence-corrected chi connectivity index (χ4v) is 4.28. The molecule has 0 heterocycles. The van der Waals surface area contributed by atoms with Gasteiger partial charge >= 0.3 is 35.8 Å². The molecule has 0 N–H and O–H groups in total. The van der Waals surface area contributed by atoms with E-state index in [-0.39, 0.29) is 7.92 Å². The minimum absolute atomic E-state index is 0.151. The van der Waals surface area contributed by atoms with E-state index in [2.05, 4.69) is 67.6 Å². The first-order valence-corrected chi connectivity index (χ1v) is 10.3. The molecule has 0 bridgehead atoms. The Kier molecular flexibility index (Phi) is 9.63. The van der Waals surface area contributed by atoms with E-state index >= 15 is 0 Å². The Morgan fingerprint density at radius 1 is 0.857 bits per heavy atom. The summed E-state index contributed by atoms with van der Waals surface area (Å²) in [5, 5.41) is 2.98. The Bertz CT molecular complexity index is 575. The summed E-state index contributed by atoms with van der Waals surface area (Å²) in [4.78, 5) is 18.1. The molecule has 0 radical (unpaired) electrons. The number of hydrogen-bond donors (Lipinski definition) is 0. The van der Waals surface area contributed by atoms with Crippen LogP contribution in [0.25, 0.3) is 0 Å². The van der Waals surface area contributed by atoms with Crippen molar-refractivity contribution in [1.29, 1.82) is 0 Å². The van der Waals surface area contributed by atoms with E-state index in [0.717, 1.165) is 0 Å². The van der Waals surface area contributed by atoms with Gasteiger partial charge in [-0.25, -0.2) is 0 Å². The molecule has 0 saturated heterocycles. The standard InChI is InChI=1S/C15H17P.2CO.Pt/c1-2-13-16(14-9-5-3-6-10-14)15-11-7-4-8-12-15;2*1-2;/h3-12H,2,13H2,1H3;;;. The molecule has 0 unspecified atom stereocenters. The first-order valence-electron chi connectivity index (χ1n) is 6.52. The van der Waals surface area contributed by atoms with Gasteiger partial charge in [-0.05, 0) is 24.7 Å². The molecular weight excluding hydrogens is 462 g/mol. The second kappa shape index (κ2) is 11.4. The summed E-state index contributed by atoms with van der Waals surface area (Å²) in [7, 11) is -0.151. The first kappa shape index (κ1) is 17.8. The van der Waals surface area contributed by atoms with E-state index in [4.69, 9.17) is 9.59 Å². The van der Waals surface area contributed by atoms with Crippen LogP contribution in [0.1, 0.15) is 13.3 Å². The monoisotopic (exact) mass is 479 g/mol. The van der Waals surface area contributed by atoms with Gasteiger partial charge in [-0.2, -0.15) is 0 Å². The Hall–Kier alpha value is -1.28. The molecule has 0 aliphatic heterocycles. The predicted molar refractivity (Wildman–Crippen MR) is 85.6 cm³/mol. The van der Waals surface area contributed by atoms with Crippen LogP contribution in [-0.2, 0) is 27.2 Å². The van der Waals surface area contributed by atoms with Crippen molar-refractivity contribution in [2.45, 2.75) is 13.3 Å². The molecule has 0 amide bonds. The van der Waals surface area contributed by atoms with Gasteiger partial charge in [0.2, 0.25) is 0 Å². The maximum absolute atomic E-state index is 9.07. The van der Waals surface area contributed by atoms with Crippen molar-refractivity contribution in [3.05, 3.63) is 60.7 Å². The number of carbonyl (C=O) groups excluding carboxylic acids is 2. The molecule has 4 heteroatoms. The third kappa shape index (κ3) is 6.81. The summed E-state index contributed by atoms with van der Waals surface area (Å²) in [5.74, 6) is 0. The summed E-state index contributed by atoms with van der Waals surface area (Å²) < 4.78 is 2.91. The zero-order chi connectivity index (χ0) is 15.3. The summed E-state index contributed by atoms with van der Waals surface area (Å²) in [6.07, 6.45) is 2.53. The summed E-state index contributed by atoms with van der Waals surface area (Å²) in [6, 6.07) is 21.8. The van der Waals surface area contributed by atoms with E-state index in [1.54, 1.807) is 0 Å². The van der Waals surface area contributed by atoms with Crippen LogP contribution in [0.3, 0.4) is 0 Å². The molecule has 0 aliphatic carbocycles. The van der Waals surface area contributed by atoms with Gasteiger partial charge in [-0.15, -0.1) is 0 Å². The van der Waals surface area contributed by atoms with Crippen LogP contribution in [0.2, 0.25) is 0 Å². The van der Waals surface area contributed by atoms with Crippen molar-refractivity contribution in [2.24, 2.45) is 0 Å². The Balaban J connectivity index is 0.000000383. The van der Waals surface area contributed by atoms with Crippen LogP contribution < -0.4 is 10.6 Å². The van der Waals surface area contributed by atoms with Crippen LogP contribution in [0, 0.1) is 0 Å². The normalized spacial score (nSPS) is 9.43. The van der Waals surface area contributed by atoms with Crippen molar-refractivity contribution >= 4 is 27.1 Å². The van der Waals surface area contributed by atoms with Crippen molar-refractivity contribution in [3.8, 4) is 0 Å². The van der Waals surface area contributed by atoms with E-state index in [1.807, 2.05) is 0 Å². The van der Waals surface area contributed by atoms with E-state index in [1.165, 1.54) is 31.7 Å². The molecule has 21 heavy (non-hydrogen) atoms. The molecule has 0 aliphatic rings. The van der Waals surface area contributed by atoms with Gasteiger partial charge in [-0.1, -0.05) is 74.0 Å². The van der Waals surface area contributed by atoms with Gasteiger partial charge in [0.25, 0.3) is 0 Å². The van der Waals surface area contributed by atoms with Crippen molar-refractivity contribution in [2.75, 3.05) is 6.16 Å². The van der Waals surface area contributed by atoms with Gasteiger partial charge in [0.05, 0.1) is 0 Å². The second-order valence-electron chi connectivity index (χ2n) is 4.03. The van der Waals surface area contributed by atoms with E-state index < -0.39 is 17.6 Å². The molecule has 2 rings (SSSR count). The molecular formula is C17H17O2PPt. The topological polar surface area (TPSA) is 34.1 Å². The van der Waals surface area contributed by atoms with Crippen LogP contribution in [-0.4, -0.2) is 14.7 Å². The Morgan fingerprint density at radius 3 is 1.57 bits per heavy atom. The quantitative estimate of drug-likeness (QED) is 0.633. The SMILES string of the molecule is CCCP(c1ccccc1)c1ccccc1.O=[C]=[Pt]=[C]=O. The average Bonchev–Trinajstić information content (AvgIpc) is 2.56. The zero-order valence-electron chi connectivity index (χ0n) is 11.8. The predicted octanol–water partition coefficient (Wildman–Crippen LogP) is 2.73. The van der Waals surface area contributed by atoms with Gasteiger partial charge in [0.1, 0.15) is 0 Å². The number of hydrogen-bond acceptors (Lipinski definition) is 2. The van der Waals surface area contributed by atoms with Crippen molar-refractivity contribution < 1.29 is 27.2 Å². The van der Waals surface area contributed by atoms with Crippen LogP contribution >= 0.6 is 7.92 Å². The van der Waals surface area contributed by atoms with Gasteiger partial charge in [0, 0.05) is 0 Å². The van der Waals surface area contributed by atoms with Gasteiger partial charge in [0.15, 0.2) is 0 Å². The fraction of sp³-hybridized carbons (Fsp3) is 0.176. The average molecular weight is 479 g/mol. The molecule has 0 aromatic heterocycles. The second-order valence-corrected chi connectivity index (χ2v) is 7.86. The third-order valence-corrected chi connectivity index (χ3v) is 5.85. The molecule has 112 valence electrons. The molecule has 2 aromatic carbocycles. The van der Waals surface area contributed by atoms with E-state index in [0.29, 0.717) is 0 Å². The Morgan fingerprint density at radius 2 is 1.29 bits per heavy atom. The minimum atomic E-state index is -0.988. The molecule has 0 atom stereocenters. The fourth-order valence-electron chi connectivity index (χ4n) is 1.86. The maximum atomic E-state index is 9.07. The molecule has 2 aromatic rings. The Labute approximate surface area is 134 Å². The van der Waals surface area contributed by atoms with Crippen LogP contribution in [0.15, 0.2) is 60.7 Å². The molecule has 0 spiro atoms. The van der Waals surface area contributed by atoms with Crippen LogP contribution in [0.4, 0.5) is 0 Å². The summed E-state index contributed by atoms with van der Waals surface area (Å²) in [6.45, 7) is 2.27. The third-order valence-electron chi connectivity index (χ3n) is 2.65. The van der Waals surface area contributed by atoms with Crippen molar-refractivity contribution in [3.63, 3.8) is 0 Å². The van der Waals surface area contributed by atoms with Crippen LogP contribution in [0.5, 0.6) is 0 Å². The molecule has 2 nitrogen and oxygen atoms in total.